The lowest BCUT2D eigenvalue weighted by Gasteiger charge is -2.34. The molecule has 0 spiro atoms. The summed E-state index contributed by atoms with van der Waals surface area (Å²) in [6, 6.07) is 0. The van der Waals surface area contributed by atoms with Gasteiger partial charge in [-0.1, -0.05) is 0 Å². The van der Waals surface area contributed by atoms with E-state index in [-0.39, 0.29) is 0 Å². The van der Waals surface area contributed by atoms with Crippen LogP contribution < -0.4 is 0 Å². The van der Waals surface area contributed by atoms with Gasteiger partial charge in [-0.05, 0) is 27.7 Å². The molecule has 10 heavy (non-hydrogen) atoms. The van der Waals surface area contributed by atoms with E-state index in [9.17, 15) is 0 Å². The predicted molar refractivity (Wildman–Crippen MR) is 35.6 cm³/mol. The Labute approximate surface area is 60.2 Å². The molecular formula is C6H14O4. The Bertz CT molecular complexity index is 94.3. The fourth-order valence-electron chi connectivity index (χ4n) is 0.220. The fourth-order valence-corrected chi connectivity index (χ4v) is 0.220. The van der Waals surface area contributed by atoms with Crippen LogP contribution in [0.25, 0.3) is 0 Å². The molecular weight excluding hydrogens is 136 g/mol. The molecule has 4 heteroatoms. The third kappa shape index (κ3) is 1.67. The van der Waals surface area contributed by atoms with Crippen molar-refractivity contribution in [3.05, 3.63) is 0 Å². The van der Waals surface area contributed by atoms with Crippen molar-refractivity contribution in [3.63, 3.8) is 0 Å². The average Bonchev–Trinajstić information content (AvgIpc) is 1.88. The monoisotopic (exact) mass is 150 g/mol. The van der Waals surface area contributed by atoms with Crippen molar-refractivity contribution < 1.29 is 20.3 Å². The summed E-state index contributed by atoms with van der Waals surface area (Å²) in [5, 5.41) is 16.7. The van der Waals surface area contributed by atoms with Gasteiger partial charge in [0.25, 0.3) is 0 Å². The lowest BCUT2D eigenvalue weighted by atomic mass is 9.90. The van der Waals surface area contributed by atoms with E-state index < -0.39 is 11.2 Å². The first-order valence-corrected chi connectivity index (χ1v) is 3.02. The first-order valence-electron chi connectivity index (χ1n) is 3.02. The van der Waals surface area contributed by atoms with Gasteiger partial charge in [-0.15, -0.1) is 0 Å². The smallest absolute Gasteiger partial charge is 0.129 e. The molecule has 0 heterocycles. The van der Waals surface area contributed by atoms with Crippen molar-refractivity contribution in [1.82, 2.24) is 0 Å². The van der Waals surface area contributed by atoms with Gasteiger partial charge in [0.1, 0.15) is 11.2 Å². The van der Waals surface area contributed by atoms with Crippen LogP contribution in [0.5, 0.6) is 0 Å². The first kappa shape index (κ1) is 9.84. The van der Waals surface area contributed by atoms with Crippen molar-refractivity contribution in [2.45, 2.75) is 38.9 Å². The van der Waals surface area contributed by atoms with Gasteiger partial charge in [0.2, 0.25) is 0 Å². The molecule has 0 rings (SSSR count). The molecule has 0 aromatic rings. The molecule has 0 atom stereocenters. The fraction of sp³-hybridized carbons (Fsp3) is 1.00. The van der Waals surface area contributed by atoms with Crippen LogP contribution >= 0.6 is 0 Å². The zero-order chi connectivity index (χ0) is 8.41. The summed E-state index contributed by atoms with van der Waals surface area (Å²) in [6.45, 7) is 6.40. The molecule has 0 aliphatic rings. The van der Waals surface area contributed by atoms with E-state index in [0.717, 1.165) is 0 Å². The van der Waals surface area contributed by atoms with Crippen molar-refractivity contribution in [3.8, 4) is 0 Å². The van der Waals surface area contributed by atoms with Gasteiger partial charge in [-0.25, -0.2) is 9.78 Å². The summed E-state index contributed by atoms with van der Waals surface area (Å²) in [4.78, 5) is 8.22. The Balaban J connectivity index is 4.28. The standard InChI is InChI=1S/C6H14O4/c1-5(2,9-7)6(3,4)10-8/h7-8H,1-4H3. The molecule has 0 fully saturated rings. The molecule has 0 unspecified atom stereocenters. The van der Waals surface area contributed by atoms with E-state index in [4.69, 9.17) is 10.5 Å². The molecule has 0 saturated heterocycles. The maximum atomic E-state index is 8.37. The minimum Gasteiger partial charge on any atom is -0.251 e. The second-order valence-electron chi connectivity index (χ2n) is 3.20. The van der Waals surface area contributed by atoms with E-state index >= 15 is 0 Å². The SMILES string of the molecule is CC(C)(OO)C(C)(C)OO. The summed E-state index contributed by atoms with van der Waals surface area (Å²) < 4.78 is 0. The van der Waals surface area contributed by atoms with E-state index in [2.05, 4.69) is 9.78 Å². The molecule has 0 aromatic heterocycles. The Hall–Kier alpha value is -0.160. The Morgan fingerprint density at radius 3 is 1.10 bits per heavy atom. The van der Waals surface area contributed by atoms with Crippen LogP contribution in [-0.2, 0) is 9.78 Å². The van der Waals surface area contributed by atoms with Crippen molar-refractivity contribution in [2.75, 3.05) is 0 Å². The first-order chi connectivity index (χ1) is 4.37. The van der Waals surface area contributed by atoms with E-state index in [0.29, 0.717) is 0 Å². The van der Waals surface area contributed by atoms with Gasteiger partial charge in [0, 0.05) is 0 Å². The molecule has 0 saturated carbocycles. The van der Waals surface area contributed by atoms with E-state index in [1.165, 1.54) is 0 Å². The van der Waals surface area contributed by atoms with Crippen LogP contribution in [-0.4, -0.2) is 21.7 Å². The molecule has 2 N–H and O–H groups in total. The van der Waals surface area contributed by atoms with Gasteiger partial charge < -0.3 is 0 Å². The topological polar surface area (TPSA) is 58.9 Å². The second kappa shape index (κ2) is 2.84. The molecule has 0 aromatic carbocycles. The van der Waals surface area contributed by atoms with Crippen LogP contribution in [0.2, 0.25) is 0 Å². The van der Waals surface area contributed by atoms with Crippen molar-refractivity contribution in [1.29, 1.82) is 0 Å². The highest BCUT2D eigenvalue weighted by molar-refractivity contribution is 4.87. The molecule has 4 nitrogen and oxygen atoms in total. The van der Waals surface area contributed by atoms with Gasteiger partial charge in [-0.3, -0.25) is 10.5 Å². The maximum absolute atomic E-state index is 8.37. The third-order valence-corrected chi connectivity index (χ3v) is 1.91. The average molecular weight is 150 g/mol. The summed E-state index contributed by atoms with van der Waals surface area (Å²) in [5.41, 5.74) is -1.86. The summed E-state index contributed by atoms with van der Waals surface area (Å²) in [6.07, 6.45) is 0. The third-order valence-electron chi connectivity index (χ3n) is 1.91. The Morgan fingerprint density at radius 1 is 0.800 bits per heavy atom. The van der Waals surface area contributed by atoms with E-state index in [1.54, 1.807) is 27.7 Å². The summed E-state index contributed by atoms with van der Waals surface area (Å²) in [7, 11) is 0. The second-order valence-corrected chi connectivity index (χ2v) is 3.20. The zero-order valence-electron chi connectivity index (χ0n) is 6.71. The minimum atomic E-state index is -0.929. The number of rotatable bonds is 3. The van der Waals surface area contributed by atoms with Gasteiger partial charge in [-0.2, -0.15) is 0 Å². The molecule has 0 aliphatic carbocycles. The Kier molecular flexibility index (Phi) is 2.79. The number of hydrogen-bond donors (Lipinski definition) is 2. The highest BCUT2D eigenvalue weighted by Gasteiger charge is 2.40. The predicted octanol–water partition coefficient (Wildman–Crippen LogP) is 1.52. The van der Waals surface area contributed by atoms with Crippen LogP contribution in [0, 0.1) is 0 Å². The van der Waals surface area contributed by atoms with Gasteiger partial charge in [0.05, 0.1) is 0 Å². The quantitative estimate of drug-likeness (QED) is 0.473. The van der Waals surface area contributed by atoms with Crippen LogP contribution in [0.3, 0.4) is 0 Å². The van der Waals surface area contributed by atoms with Gasteiger partial charge in [0.15, 0.2) is 0 Å². The maximum Gasteiger partial charge on any atom is 0.129 e. The zero-order valence-corrected chi connectivity index (χ0v) is 6.71. The minimum absolute atomic E-state index is 0.929. The summed E-state index contributed by atoms with van der Waals surface area (Å²) in [5.74, 6) is 0. The molecule has 62 valence electrons. The molecule has 0 bridgehead atoms. The Morgan fingerprint density at radius 2 is 1.00 bits per heavy atom. The normalized spacial score (nSPS) is 13.8. The number of hydrogen-bond acceptors (Lipinski definition) is 4. The van der Waals surface area contributed by atoms with Crippen molar-refractivity contribution >= 4 is 0 Å². The molecule has 0 amide bonds. The summed E-state index contributed by atoms with van der Waals surface area (Å²) >= 11 is 0. The van der Waals surface area contributed by atoms with Crippen LogP contribution in [0.15, 0.2) is 0 Å². The highest BCUT2D eigenvalue weighted by atomic mass is 17.1. The van der Waals surface area contributed by atoms with Gasteiger partial charge >= 0.3 is 0 Å². The highest BCUT2D eigenvalue weighted by Crippen LogP contribution is 2.26. The largest absolute Gasteiger partial charge is 0.251 e. The molecule has 0 aliphatic heterocycles. The lowest BCUT2D eigenvalue weighted by molar-refractivity contribution is -0.411. The molecule has 0 radical (unpaired) electrons. The van der Waals surface area contributed by atoms with Crippen molar-refractivity contribution in [2.24, 2.45) is 0 Å². The lowest BCUT2D eigenvalue weighted by Crippen LogP contribution is -2.48. The van der Waals surface area contributed by atoms with E-state index in [1.807, 2.05) is 0 Å². The van der Waals surface area contributed by atoms with Crippen LogP contribution in [0.4, 0.5) is 0 Å². The van der Waals surface area contributed by atoms with Crippen LogP contribution in [0.1, 0.15) is 27.7 Å².